The Hall–Kier alpha value is -1.94. The van der Waals surface area contributed by atoms with E-state index in [1.165, 1.54) is 4.90 Å². The molecule has 0 heterocycles. The third-order valence-corrected chi connectivity index (χ3v) is 4.39. The van der Waals surface area contributed by atoms with Crippen LogP contribution in [0.3, 0.4) is 0 Å². The molecule has 2 aromatic rings. The first-order valence-electron chi connectivity index (χ1n) is 7.58. The number of carbonyl (C=O) groups is 1. The standard InChI is InChI=1S/C18H22N2OS/c19-16-11-6-7-12-17(16)20-18(21)13-5-2-8-14-22-15-9-3-1-4-10-15/h1,3-4,6-7,9-12H,2,5,8,13-14,19H2,(H,20,21). The van der Waals surface area contributed by atoms with Gasteiger partial charge in [0.15, 0.2) is 0 Å². The molecule has 0 radical (unpaired) electrons. The van der Waals surface area contributed by atoms with Crippen LogP contribution in [0, 0.1) is 0 Å². The number of amides is 1. The Balaban J connectivity index is 1.57. The van der Waals surface area contributed by atoms with Crippen molar-refractivity contribution in [3.63, 3.8) is 0 Å². The molecule has 4 heteroatoms. The fourth-order valence-corrected chi connectivity index (χ4v) is 3.03. The van der Waals surface area contributed by atoms with Crippen LogP contribution >= 0.6 is 11.8 Å². The van der Waals surface area contributed by atoms with E-state index in [9.17, 15) is 4.79 Å². The number of nitrogens with one attached hydrogen (secondary N) is 1. The Morgan fingerprint density at radius 1 is 0.955 bits per heavy atom. The lowest BCUT2D eigenvalue weighted by Crippen LogP contribution is -2.12. The third-order valence-electron chi connectivity index (χ3n) is 3.29. The molecule has 3 nitrogen and oxygen atoms in total. The van der Waals surface area contributed by atoms with Gasteiger partial charge in [-0.2, -0.15) is 0 Å². The molecule has 3 N–H and O–H groups in total. The third kappa shape index (κ3) is 5.82. The molecule has 0 bridgehead atoms. The van der Waals surface area contributed by atoms with Crippen LogP contribution in [0.25, 0.3) is 0 Å². The zero-order chi connectivity index (χ0) is 15.6. The van der Waals surface area contributed by atoms with Crippen molar-refractivity contribution in [2.24, 2.45) is 0 Å². The highest BCUT2D eigenvalue weighted by atomic mass is 32.2. The van der Waals surface area contributed by atoms with E-state index >= 15 is 0 Å². The van der Waals surface area contributed by atoms with Crippen molar-refractivity contribution in [2.75, 3.05) is 16.8 Å². The van der Waals surface area contributed by atoms with Crippen molar-refractivity contribution in [3.8, 4) is 0 Å². The van der Waals surface area contributed by atoms with Gasteiger partial charge in [-0.25, -0.2) is 0 Å². The SMILES string of the molecule is Nc1ccccc1NC(=O)CCCCCSc1ccccc1. The van der Waals surface area contributed by atoms with E-state index in [-0.39, 0.29) is 5.91 Å². The summed E-state index contributed by atoms with van der Waals surface area (Å²) in [6, 6.07) is 17.7. The second kappa shape index (κ2) is 9.15. The zero-order valence-electron chi connectivity index (χ0n) is 12.6. The molecule has 0 fully saturated rings. The van der Waals surface area contributed by atoms with Gasteiger partial charge in [0.2, 0.25) is 5.91 Å². The van der Waals surface area contributed by atoms with Gasteiger partial charge in [0.25, 0.3) is 0 Å². The molecule has 0 aliphatic rings. The van der Waals surface area contributed by atoms with Crippen LogP contribution in [-0.2, 0) is 4.79 Å². The largest absolute Gasteiger partial charge is 0.397 e. The fourth-order valence-electron chi connectivity index (χ4n) is 2.09. The van der Waals surface area contributed by atoms with E-state index in [2.05, 4.69) is 29.6 Å². The summed E-state index contributed by atoms with van der Waals surface area (Å²) in [7, 11) is 0. The van der Waals surface area contributed by atoms with E-state index in [1.54, 1.807) is 6.07 Å². The molecule has 0 unspecified atom stereocenters. The smallest absolute Gasteiger partial charge is 0.224 e. The summed E-state index contributed by atoms with van der Waals surface area (Å²) in [5.41, 5.74) is 7.11. The molecule has 2 aromatic carbocycles. The summed E-state index contributed by atoms with van der Waals surface area (Å²) in [6.07, 6.45) is 3.65. The molecule has 2 rings (SSSR count). The highest BCUT2D eigenvalue weighted by Crippen LogP contribution is 2.20. The number of anilines is 2. The monoisotopic (exact) mass is 314 g/mol. The Kier molecular flexibility index (Phi) is 6.84. The van der Waals surface area contributed by atoms with Gasteiger partial charge in [0.1, 0.15) is 0 Å². The number of nitrogens with two attached hydrogens (primary N) is 1. The molecule has 0 spiro atoms. The first-order chi connectivity index (χ1) is 10.8. The summed E-state index contributed by atoms with van der Waals surface area (Å²) < 4.78 is 0. The van der Waals surface area contributed by atoms with Crippen molar-refractivity contribution in [3.05, 3.63) is 54.6 Å². The molecule has 0 aliphatic carbocycles. The number of unbranched alkanes of at least 4 members (excludes halogenated alkanes) is 2. The Morgan fingerprint density at radius 2 is 1.68 bits per heavy atom. The van der Waals surface area contributed by atoms with Crippen molar-refractivity contribution < 1.29 is 4.79 Å². The highest BCUT2D eigenvalue weighted by molar-refractivity contribution is 7.99. The molecule has 22 heavy (non-hydrogen) atoms. The predicted octanol–water partition coefficient (Wildman–Crippen LogP) is 4.56. The number of rotatable bonds is 8. The lowest BCUT2D eigenvalue weighted by Gasteiger charge is -2.07. The summed E-state index contributed by atoms with van der Waals surface area (Å²) in [4.78, 5) is 13.2. The number of hydrogen-bond acceptors (Lipinski definition) is 3. The summed E-state index contributed by atoms with van der Waals surface area (Å²) in [5, 5.41) is 2.86. The summed E-state index contributed by atoms with van der Waals surface area (Å²) in [5.74, 6) is 1.13. The van der Waals surface area contributed by atoms with Gasteiger partial charge in [-0.3, -0.25) is 4.79 Å². The number of thioether (sulfide) groups is 1. The average molecular weight is 314 g/mol. The van der Waals surface area contributed by atoms with Gasteiger partial charge in [-0.05, 0) is 42.9 Å². The van der Waals surface area contributed by atoms with Crippen molar-refractivity contribution in [1.82, 2.24) is 0 Å². The summed E-state index contributed by atoms with van der Waals surface area (Å²) in [6.45, 7) is 0. The van der Waals surface area contributed by atoms with E-state index in [0.29, 0.717) is 17.8 Å². The number of benzene rings is 2. The minimum Gasteiger partial charge on any atom is -0.397 e. The molecule has 0 saturated heterocycles. The maximum absolute atomic E-state index is 11.8. The van der Waals surface area contributed by atoms with E-state index in [4.69, 9.17) is 5.73 Å². The van der Waals surface area contributed by atoms with Crippen molar-refractivity contribution in [1.29, 1.82) is 0 Å². The number of nitrogen functional groups attached to an aromatic ring is 1. The predicted molar refractivity (Wildman–Crippen MR) is 95.1 cm³/mol. The Morgan fingerprint density at radius 3 is 2.45 bits per heavy atom. The van der Waals surface area contributed by atoms with Crippen LogP contribution in [-0.4, -0.2) is 11.7 Å². The number of carbonyl (C=O) groups excluding carboxylic acids is 1. The van der Waals surface area contributed by atoms with Crippen LogP contribution in [0.4, 0.5) is 11.4 Å². The van der Waals surface area contributed by atoms with Gasteiger partial charge in [-0.1, -0.05) is 36.8 Å². The fraction of sp³-hybridized carbons (Fsp3) is 0.278. The van der Waals surface area contributed by atoms with Gasteiger partial charge < -0.3 is 11.1 Å². The van der Waals surface area contributed by atoms with Crippen LogP contribution in [0.1, 0.15) is 25.7 Å². The van der Waals surface area contributed by atoms with E-state index in [0.717, 1.165) is 25.0 Å². The normalized spacial score (nSPS) is 10.4. The van der Waals surface area contributed by atoms with Gasteiger partial charge in [0.05, 0.1) is 11.4 Å². The highest BCUT2D eigenvalue weighted by Gasteiger charge is 2.04. The lowest BCUT2D eigenvalue weighted by atomic mass is 10.2. The van der Waals surface area contributed by atoms with Gasteiger partial charge >= 0.3 is 0 Å². The number of hydrogen-bond donors (Lipinski definition) is 2. The molecule has 0 atom stereocenters. The molecule has 0 saturated carbocycles. The first kappa shape index (κ1) is 16.4. The minimum atomic E-state index is 0.0358. The van der Waals surface area contributed by atoms with Crippen LogP contribution < -0.4 is 11.1 Å². The first-order valence-corrected chi connectivity index (χ1v) is 8.56. The van der Waals surface area contributed by atoms with Crippen LogP contribution in [0.5, 0.6) is 0 Å². The maximum atomic E-state index is 11.8. The molecule has 1 amide bonds. The molecular formula is C18H22N2OS. The molecule has 0 aliphatic heterocycles. The minimum absolute atomic E-state index is 0.0358. The zero-order valence-corrected chi connectivity index (χ0v) is 13.4. The topological polar surface area (TPSA) is 55.1 Å². The van der Waals surface area contributed by atoms with Crippen LogP contribution in [0.2, 0.25) is 0 Å². The lowest BCUT2D eigenvalue weighted by molar-refractivity contribution is -0.116. The molecule has 0 aromatic heterocycles. The maximum Gasteiger partial charge on any atom is 0.224 e. The van der Waals surface area contributed by atoms with Crippen molar-refractivity contribution in [2.45, 2.75) is 30.6 Å². The van der Waals surface area contributed by atoms with Gasteiger partial charge in [0, 0.05) is 11.3 Å². The molecule has 116 valence electrons. The second-order valence-electron chi connectivity index (χ2n) is 5.11. The Bertz CT molecular complexity index is 587. The number of para-hydroxylation sites is 2. The van der Waals surface area contributed by atoms with Gasteiger partial charge in [-0.15, -0.1) is 11.8 Å². The van der Waals surface area contributed by atoms with Crippen molar-refractivity contribution >= 4 is 29.0 Å². The van der Waals surface area contributed by atoms with E-state index < -0.39 is 0 Å². The quantitative estimate of drug-likeness (QED) is 0.426. The Labute approximate surface area is 136 Å². The second-order valence-corrected chi connectivity index (χ2v) is 6.28. The van der Waals surface area contributed by atoms with Crippen LogP contribution in [0.15, 0.2) is 59.5 Å². The summed E-state index contributed by atoms with van der Waals surface area (Å²) >= 11 is 1.87. The van der Waals surface area contributed by atoms with E-state index in [1.807, 2.05) is 36.0 Å². The molecular weight excluding hydrogens is 292 g/mol. The average Bonchev–Trinajstić information content (AvgIpc) is 2.54.